The molecule has 9 atom stereocenters. The summed E-state index contributed by atoms with van der Waals surface area (Å²) in [6, 6.07) is 0. The van der Waals surface area contributed by atoms with Gasteiger partial charge in [-0.15, -0.1) is 0 Å². The highest BCUT2D eigenvalue weighted by molar-refractivity contribution is 5.86. The van der Waals surface area contributed by atoms with Crippen LogP contribution in [0.1, 0.15) is 92.9 Å². The highest BCUT2D eigenvalue weighted by atomic mass is 16.6. The van der Waals surface area contributed by atoms with Crippen LogP contribution >= 0.6 is 0 Å². The third-order valence-corrected chi connectivity index (χ3v) is 12.7. The first-order valence-corrected chi connectivity index (χ1v) is 14.5. The summed E-state index contributed by atoms with van der Waals surface area (Å²) in [5.41, 5.74) is 2.05. The third kappa shape index (κ3) is 3.64. The number of esters is 2. The van der Waals surface area contributed by atoms with E-state index >= 15 is 0 Å². The molecule has 4 fully saturated rings. The first kappa shape index (κ1) is 27.6. The summed E-state index contributed by atoms with van der Waals surface area (Å²) in [7, 11) is 1.30. The van der Waals surface area contributed by atoms with Crippen LogP contribution in [-0.2, 0) is 23.9 Å². The number of aliphatic hydroxyl groups is 1. The van der Waals surface area contributed by atoms with E-state index in [2.05, 4.69) is 44.6 Å². The van der Waals surface area contributed by atoms with Crippen molar-refractivity contribution >= 4 is 17.7 Å². The summed E-state index contributed by atoms with van der Waals surface area (Å²) in [5, 5.41) is 10.5. The number of ether oxygens (including phenoxy) is 2. The highest BCUT2D eigenvalue weighted by Gasteiger charge is 2.68. The van der Waals surface area contributed by atoms with E-state index in [1.165, 1.54) is 18.3 Å². The van der Waals surface area contributed by atoms with Gasteiger partial charge in [-0.05, 0) is 85.4 Å². The zero-order chi connectivity index (χ0) is 27.9. The number of methoxy groups -OCH3 is 1. The van der Waals surface area contributed by atoms with Crippen molar-refractivity contribution in [1.82, 2.24) is 0 Å². The molecule has 0 aromatic heterocycles. The van der Waals surface area contributed by atoms with Crippen molar-refractivity contribution in [3.63, 3.8) is 0 Å². The van der Waals surface area contributed by atoms with E-state index in [0.29, 0.717) is 12.3 Å². The fourth-order valence-corrected chi connectivity index (χ4v) is 9.75. The summed E-state index contributed by atoms with van der Waals surface area (Å²) in [5.74, 6) is -0.506. The molecule has 1 N–H and O–H groups in total. The van der Waals surface area contributed by atoms with Crippen molar-refractivity contribution in [3.05, 3.63) is 23.3 Å². The quantitative estimate of drug-likeness (QED) is 0.483. The first-order chi connectivity index (χ1) is 17.7. The lowest BCUT2D eigenvalue weighted by Crippen LogP contribution is -2.63. The molecule has 0 aromatic rings. The van der Waals surface area contributed by atoms with Gasteiger partial charge in [-0.1, -0.05) is 57.9 Å². The van der Waals surface area contributed by atoms with E-state index in [1.54, 1.807) is 0 Å². The fourth-order valence-electron chi connectivity index (χ4n) is 9.75. The van der Waals surface area contributed by atoms with Gasteiger partial charge in [0.1, 0.15) is 6.10 Å². The molecule has 3 unspecified atom stereocenters. The number of hydrogen-bond donors (Lipinski definition) is 1. The van der Waals surface area contributed by atoms with Gasteiger partial charge in [-0.2, -0.15) is 0 Å². The monoisotopic (exact) mass is 526 g/mol. The van der Waals surface area contributed by atoms with Crippen LogP contribution in [0.3, 0.4) is 0 Å². The molecule has 6 nitrogen and oxygen atoms in total. The number of aliphatic hydroxyl groups excluding tert-OH is 1. The molecule has 38 heavy (non-hydrogen) atoms. The van der Waals surface area contributed by atoms with Crippen molar-refractivity contribution in [1.29, 1.82) is 0 Å². The molecule has 210 valence electrons. The minimum absolute atomic E-state index is 0.00913. The van der Waals surface area contributed by atoms with Crippen LogP contribution in [0.4, 0.5) is 0 Å². The molecule has 0 bridgehead atoms. The number of fused-ring (bicyclic) bond motifs is 7. The average Bonchev–Trinajstić information content (AvgIpc) is 2.88. The SMILES string of the molecule is COC(=O)COC(=O)[C@]1(C)CC[C@]2(C)CC[C@]3(C)C4=CC=C5C(C)C(O)C(=O)CC5[C@]4(C)CC[C@@]3(C)[C@@H]2C1. The number of allylic oxidation sites excluding steroid dienone is 3. The molecule has 5 aliphatic rings. The van der Waals surface area contributed by atoms with Crippen LogP contribution in [0, 0.1) is 44.8 Å². The molecule has 0 spiro atoms. The van der Waals surface area contributed by atoms with Crippen molar-refractivity contribution in [2.75, 3.05) is 13.7 Å². The molecule has 6 heteroatoms. The predicted molar refractivity (Wildman–Crippen MR) is 144 cm³/mol. The predicted octanol–water partition coefficient (Wildman–Crippen LogP) is 5.57. The lowest BCUT2D eigenvalue weighted by Gasteiger charge is -2.70. The molecule has 0 radical (unpaired) electrons. The van der Waals surface area contributed by atoms with Crippen LogP contribution in [0.15, 0.2) is 23.3 Å². The van der Waals surface area contributed by atoms with Gasteiger partial charge in [-0.25, -0.2) is 4.79 Å². The van der Waals surface area contributed by atoms with Gasteiger partial charge < -0.3 is 14.6 Å². The molecular formula is C32H46O6. The smallest absolute Gasteiger partial charge is 0.344 e. The van der Waals surface area contributed by atoms with Crippen molar-refractivity contribution in [2.24, 2.45) is 44.8 Å². The maximum Gasteiger partial charge on any atom is 0.344 e. The Bertz CT molecular complexity index is 1120. The van der Waals surface area contributed by atoms with Gasteiger partial charge in [0.05, 0.1) is 12.5 Å². The number of rotatable bonds is 3. The maximum atomic E-state index is 13.3. The highest BCUT2D eigenvalue weighted by Crippen LogP contribution is 2.75. The summed E-state index contributed by atoms with van der Waals surface area (Å²) in [6.07, 6.45) is 10.8. The zero-order valence-corrected chi connectivity index (χ0v) is 24.3. The zero-order valence-electron chi connectivity index (χ0n) is 24.3. The lowest BCUT2D eigenvalue weighted by atomic mass is 9.34. The second-order valence-corrected chi connectivity index (χ2v) is 14.5. The molecular weight excluding hydrogens is 480 g/mol. The number of carbonyl (C=O) groups excluding carboxylic acids is 3. The Labute approximate surface area is 227 Å². The Morgan fingerprint density at radius 1 is 1.00 bits per heavy atom. The van der Waals surface area contributed by atoms with Gasteiger partial charge in [0.25, 0.3) is 0 Å². The molecule has 0 aliphatic heterocycles. The summed E-state index contributed by atoms with van der Waals surface area (Å²) in [4.78, 5) is 37.7. The standard InChI is InChI=1S/C32H46O6/c1-19-20-8-9-23-30(4,21(20)16-22(33)26(19)35)13-15-32(6)24-17-29(3,27(36)38-18-25(34)37-7)11-10-28(24,2)12-14-31(23,32)5/h8-9,19,21,24,26,35H,10-18H2,1-7H3/t19?,21?,24-,26?,28-,29-,30+,31-,32+/m1/s1. The normalized spacial score (nSPS) is 47.8. The minimum Gasteiger partial charge on any atom is -0.466 e. The first-order valence-electron chi connectivity index (χ1n) is 14.5. The molecule has 0 aromatic carbocycles. The Morgan fingerprint density at radius 3 is 2.37 bits per heavy atom. The van der Waals surface area contributed by atoms with Gasteiger partial charge >= 0.3 is 11.9 Å². The van der Waals surface area contributed by atoms with Gasteiger partial charge in [0.2, 0.25) is 0 Å². The lowest BCUT2D eigenvalue weighted by molar-refractivity contribution is -0.187. The topological polar surface area (TPSA) is 89.9 Å². The molecule has 5 aliphatic carbocycles. The van der Waals surface area contributed by atoms with E-state index in [9.17, 15) is 19.5 Å². The van der Waals surface area contributed by atoms with Crippen LogP contribution in [0.2, 0.25) is 0 Å². The summed E-state index contributed by atoms with van der Waals surface area (Å²) >= 11 is 0. The van der Waals surface area contributed by atoms with E-state index in [0.717, 1.165) is 44.9 Å². The van der Waals surface area contributed by atoms with Crippen molar-refractivity contribution in [2.45, 2.75) is 99.0 Å². The molecule has 0 heterocycles. The van der Waals surface area contributed by atoms with Crippen LogP contribution in [-0.4, -0.2) is 42.6 Å². The fraction of sp³-hybridized carbons (Fsp3) is 0.781. The minimum atomic E-state index is -0.894. The Kier molecular flexibility index (Phi) is 6.38. The second-order valence-electron chi connectivity index (χ2n) is 14.5. The molecule has 0 saturated heterocycles. The van der Waals surface area contributed by atoms with E-state index in [-0.39, 0.29) is 51.9 Å². The Morgan fingerprint density at radius 2 is 1.68 bits per heavy atom. The number of hydrogen-bond acceptors (Lipinski definition) is 6. The van der Waals surface area contributed by atoms with Gasteiger partial charge in [0, 0.05) is 12.3 Å². The van der Waals surface area contributed by atoms with Crippen molar-refractivity contribution in [3.8, 4) is 0 Å². The Balaban J connectivity index is 1.50. The van der Waals surface area contributed by atoms with E-state index in [4.69, 9.17) is 4.74 Å². The second kappa shape index (κ2) is 8.78. The molecule has 4 saturated carbocycles. The Hall–Kier alpha value is -1.95. The van der Waals surface area contributed by atoms with E-state index in [1.807, 2.05) is 13.8 Å². The van der Waals surface area contributed by atoms with Gasteiger partial charge in [0.15, 0.2) is 12.4 Å². The van der Waals surface area contributed by atoms with Crippen LogP contribution < -0.4 is 0 Å². The number of Topliss-reactive ketones (excluding diaryl/α,β-unsaturated/α-hetero) is 1. The van der Waals surface area contributed by atoms with Crippen molar-refractivity contribution < 1.29 is 29.0 Å². The summed E-state index contributed by atoms with van der Waals surface area (Å²) < 4.78 is 10.1. The number of ketones is 1. The average molecular weight is 527 g/mol. The third-order valence-electron chi connectivity index (χ3n) is 12.7. The van der Waals surface area contributed by atoms with E-state index < -0.39 is 17.5 Å². The van der Waals surface area contributed by atoms with Crippen LogP contribution in [0.25, 0.3) is 0 Å². The van der Waals surface area contributed by atoms with Crippen LogP contribution in [0.5, 0.6) is 0 Å². The number of carbonyl (C=O) groups is 3. The summed E-state index contributed by atoms with van der Waals surface area (Å²) in [6.45, 7) is 13.4. The maximum absolute atomic E-state index is 13.3. The van der Waals surface area contributed by atoms with Gasteiger partial charge in [-0.3, -0.25) is 9.59 Å². The molecule has 0 amide bonds. The largest absolute Gasteiger partial charge is 0.466 e. The molecule has 5 rings (SSSR count).